The number of imidazole rings is 1. The summed E-state index contributed by atoms with van der Waals surface area (Å²) in [6.07, 6.45) is 3.44. The molecule has 4 heteroatoms. The lowest BCUT2D eigenvalue weighted by atomic mass is 10.2. The highest BCUT2D eigenvalue weighted by Gasteiger charge is 1.99. The lowest BCUT2D eigenvalue weighted by molar-refractivity contribution is 0.465. The smallest absolute Gasteiger partial charge is 0.237 e. The first-order valence-corrected chi connectivity index (χ1v) is 4.44. The molecule has 1 heterocycles. The number of nitriles is 1. The molecular weight excluding hydrogens is 190 g/mol. The molecule has 0 N–H and O–H groups in total. The third-order valence-corrected chi connectivity index (χ3v) is 1.89. The van der Waals surface area contributed by atoms with Crippen molar-refractivity contribution in [2.45, 2.75) is 0 Å². The van der Waals surface area contributed by atoms with E-state index >= 15 is 0 Å². The van der Waals surface area contributed by atoms with Crippen molar-refractivity contribution in [2.75, 3.05) is 0 Å². The van der Waals surface area contributed by atoms with Crippen LogP contribution in [0.5, 0.6) is 11.6 Å². The number of hydrogen-bond donors (Lipinski definition) is 0. The summed E-state index contributed by atoms with van der Waals surface area (Å²) in [6.45, 7) is 0. The molecule has 0 amide bonds. The summed E-state index contributed by atoms with van der Waals surface area (Å²) in [5.41, 5.74) is 0.614. The minimum atomic E-state index is 0.544. The zero-order chi connectivity index (χ0) is 10.7. The number of nitrogens with zero attached hydrogens (tertiary/aromatic N) is 3. The number of hydrogen-bond acceptors (Lipinski definition) is 3. The maximum atomic E-state index is 8.62. The Labute approximate surface area is 87.4 Å². The number of aromatic nitrogens is 2. The van der Waals surface area contributed by atoms with Crippen molar-refractivity contribution in [1.82, 2.24) is 9.55 Å². The van der Waals surface area contributed by atoms with Gasteiger partial charge in [-0.2, -0.15) is 5.26 Å². The normalized spacial score (nSPS) is 9.60. The first-order valence-electron chi connectivity index (χ1n) is 4.44. The molecule has 15 heavy (non-hydrogen) atoms. The maximum absolute atomic E-state index is 8.62. The van der Waals surface area contributed by atoms with E-state index in [-0.39, 0.29) is 0 Å². The monoisotopic (exact) mass is 199 g/mol. The van der Waals surface area contributed by atoms with Crippen LogP contribution in [-0.4, -0.2) is 9.55 Å². The van der Waals surface area contributed by atoms with Crippen molar-refractivity contribution in [1.29, 1.82) is 5.26 Å². The maximum Gasteiger partial charge on any atom is 0.237 e. The fraction of sp³-hybridized carbons (Fsp3) is 0.0909. The van der Waals surface area contributed by atoms with E-state index in [2.05, 4.69) is 4.98 Å². The van der Waals surface area contributed by atoms with Crippen LogP contribution in [0.4, 0.5) is 0 Å². The lowest BCUT2D eigenvalue weighted by Crippen LogP contribution is -1.84. The van der Waals surface area contributed by atoms with Gasteiger partial charge in [-0.3, -0.25) is 0 Å². The molecule has 0 saturated heterocycles. The topological polar surface area (TPSA) is 50.8 Å². The average Bonchev–Trinajstić information content (AvgIpc) is 2.65. The van der Waals surface area contributed by atoms with Crippen LogP contribution in [0.25, 0.3) is 0 Å². The molecule has 1 aromatic heterocycles. The average molecular weight is 199 g/mol. The molecule has 0 aliphatic carbocycles. The van der Waals surface area contributed by atoms with Gasteiger partial charge >= 0.3 is 0 Å². The van der Waals surface area contributed by atoms with Crippen molar-refractivity contribution in [3.8, 4) is 17.7 Å². The highest BCUT2D eigenvalue weighted by molar-refractivity contribution is 5.35. The van der Waals surface area contributed by atoms with E-state index in [1.165, 1.54) is 0 Å². The molecule has 0 aliphatic heterocycles. The van der Waals surface area contributed by atoms with Gasteiger partial charge in [0.05, 0.1) is 24.2 Å². The fourth-order valence-corrected chi connectivity index (χ4v) is 1.16. The van der Waals surface area contributed by atoms with Gasteiger partial charge in [0.1, 0.15) is 5.75 Å². The van der Waals surface area contributed by atoms with Crippen molar-refractivity contribution >= 4 is 0 Å². The van der Waals surface area contributed by atoms with Gasteiger partial charge < -0.3 is 9.30 Å². The van der Waals surface area contributed by atoms with E-state index in [0.717, 1.165) is 0 Å². The molecule has 0 unspecified atom stereocenters. The van der Waals surface area contributed by atoms with Crippen LogP contribution in [0, 0.1) is 11.3 Å². The number of aryl methyl sites for hydroxylation is 1. The minimum absolute atomic E-state index is 0.544. The standard InChI is InChI=1S/C11H9N3O/c1-14-7-11(13-8-14)15-10-4-2-9(6-12)3-5-10/h2-5,7-8H,1H3. The van der Waals surface area contributed by atoms with Gasteiger partial charge in [0, 0.05) is 7.05 Å². The van der Waals surface area contributed by atoms with Gasteiger partial charge in [-0.25, -0.2) is 4.98 Å². The first-order chi connectivity index (χ1) is 7.28. The number of rotatable bonds is 2. The van der Waals surface area contributed by atoms with E-state index in [9.17, 15) is 0 Å². The SMILES string of the molecule is Cn1cnc(Oc2ccc(C#N)cc2)c1. The molecule has 0 saturated carbocycles. The summed E-state index contributed by atoms with van der Waals surface area (Å²) in [7, 11) is 1.87. The van der Waals surface area contributed by atoms with Crippen LogP contribution in [0.1, 0.15) is 5.56 Å². The van der Waals surface area contributed by atoms with Crippen molar-refractivity contribution in [3.05, 3.63) is 42.4 Å². The Morgan fingerprint density at radius 2 is 2.07 bits per heavy atom. The predicted molar refractivity (Wildman–Crippen MR) is 54.4 cm³/mol. The Balaban J connectivity index is 2.15. The Morgan fingerprint density at radius 3 is 2.60 bits per heavy atom. The van der Waals surface area contributed by atoms with Crippen molar-refractivity contribution < 1.29 is 4.74 Å². The second-order valence-electron chi connectivity index (χ2n) is 3.12. The molecule has 74 valence electrons. The quantitative estimate of drug-likeness (QED) is 0.744. The second kappa shape index (κ2) is 3.84. The van der Waals surface area contributed by atoms with Gasteiger partial charge in [0.2, 0.25) is 5.88 Å². The molecule has 0 fully saturated rings. The molecule has 2 aromatic rings. The summed E-state index contributed by atoms with van der Waals surface area (Å²) >= 11 is 0. The zero-order valence-electron chi connectivity index (χ0n) is 8.21. The Hall–Kier alpha value is -2.28. The lowest BCUT2D eigenvalue weighted by Gasteiger charge is -2.00. The van der Waals surface area contributed by atoms with Gasteiger partial charge in [-0.1, -0.05) is 0 Å². The van der Waals surface area contributed by atoms with Crippen LogP contribution in [0.3, 0.4) is 0 Å². The van der Waals surface area contributed by atoms with E-state index in [1.807, 2.05) is 13.1 Å². The second-order valence-corrected chi connectivity index (χ2v) is 3.12. The highest BCUT2D eigenvalue weighted by atomic mass is 16.5. The zero-order valence-corrected chi connectivity index (χ0v) is 8.21. The molecular formula is C11H9N3O. The van der Waals surface area contributed by atoms with Gasteiger partial charge in [0.25, 0.3) is 0 Å². The third kappa shape index (κ3) is 2.15. The van der Waals surface area contributed by atoms with E-state index < -0.39 is 0 Å². The van der Waals surface area contributed by atoms with Crippen molar-refractivity contribution in [2.24, 2.45) is 7.05 Å². The summed E-state index contributed by atoms with van der Waals surface area (Å²) in [4.78, 5) is 4.03. The molecule has 2 rings (SSSR count). The summed E-state index contributed by atoms with van der Waals surface area (Å²) < 4.78 is 7.26. The van der Waals surface area contributed by atoms with Crippen molar-refractivity contribution in [3.63, 3.8) is 0 Å². The van der Waals surface area contributed by atoms with Gasteiger partial charge in [0.15, 0.2) is 0 Å². The van der Waals surface area contributed by atoms with E-state index in [1.54, 1.807) is 41.4 Å². The Kier molecular flexibility index (Phi) is 2.38. The molecule has 1 aromatic carbocycles. The highest BCUT2D eigenvalue weighted by Crippen LogP contribution is 2.18. The molecule has 0 atom stereocenters. The van der Waals surface area contributed by atoms with Crippen LogP contribution < -0.4 is 4.74 Å². The number of benzene rings is 1. The first kappa shape index (κ1) is 9.28. The molecule has 0 radical (unpaired) electrons. The molecule has 0 spiro atoms. The fourth-order valence-electron chi connectivity index (χ4n) is 1.16. The Bertz CT molecular complexity index is 493. The predicted octanol–water partition coefficient (Wildman–Crippen LogP) is 2.08. The van der Waals surface area contributed by atoms with E-state index in [4.69, 9.17) is 10.00 Å². The largest absolute Gasteiger partial charge is 0.438 e. The van der Waals surface area contributed by atoms with Crippen LogP contribution in [0.2, 0.25) is 0 Å². The third-order valence-electron chi connectivity index (χ3n) is 1.89. The summed E-state index contributed by atoms with van der Waals surface area (Å²) in [6, 6.07) is 8.95. The van der Waals surface area contributed by atoms with Gasteiger partial charge in [-0.05, 0) is 24.3 Å². The molecule has 0 bridgehead atoms. The molecule has 4 nitrogen and oxygen atoms in total. The minimum Gasteiger partial charge on any atom is -0.438 e. The summed E-state index contributed by atoms with van der Waals surface area (Å²) in [5, 5.41) is 8.62. The van der Waals surface area contributed by atoms with Crippen LogP contribution in [0.15, 0.2) is 36.8 Å². The van der Waals surface area contributed by atoms with Gasteiger partial charge in [-0.15, -0.1) is 0 Å². The molecule has 0 aliphatic rings. The van der Waals surface area contributed by atoms with Crippen LogP contribution in [-0.2, 0) is 7.05 Å². The number of ether oxygens (including phenoxy) is 1. The van der Waals surface area contributed by atoms with E-state index in [0.29, 0.717) is 17.2 Å². The Morgan fingerprint density at radius 1 is 1.33 bits per heavy atom. The van der Waals surface area contributed by atoms with Crippen LogP contribution >= 0.6 is 0 Å². The summed E-state index contributed by atoms with van der Waals surface area (Å²) in [5.74, 6) is 1.22.